The van der Waals surface area contributed by atoms with Crippen LogP contribution in [0.15, 0.2) is 24.3 Å². The highest BCUT2D eigenvalue weighted by atomic mass is 31.0. The molecule has 0 N–H and O–H groups in total. The fourth-order valence-corrected chi connectivity index (χ4v) is 2.12. The molecule has 0 bridgehead atoms. The number of rotatable bonds is 2. The van der Waals surface area contributed by atoms with E-state index in [1.807, 2.05) is 23.8 Å². The van der Waals surface area contributed by atoms with Gasteiger partial charge in [-0.15, -0.1) is 0 Å². The molecule has 4 heteroatoms. The van der Waals surface area contributed by atoms with Gasteiger partial charge in [0.05, 0.1) is 17.6 Å². The van der Waals surface area contributed by atoms with Crippen molar-refractivity contribution < 1.29 is 0 Å². The molecule has 0 aliphatic carbocycles. The van der Waals surface area contributed by atoms with Gasteiger partial charge in [-0.25, -0.2) is 4.44 Å². The van der Waals surface area contributed by atoms with E-state index in [0.717, 1.165) is 31.7 Å². The molecule has 2 heterocycles. The van der Waals surface area contributed by atoms with Crippen LogP contribution in [0.3, 0.4) is 0 Å². The Kier molecular flexibility index (Phi) is 2.60. The maximum absolute atomic E-state index is 4.46. The predicted octanol–water partition coefficient (Wildman–Crippen LogP) is 2.72. The SMILES string of the molecule is CCc1cpn(-c2cncc(C)c2)n1. The summed E-state index contributed by atoms with van der Waals surface area (Å²) in [4.78, 5) is 4.15. The van der Waals surface area contributed by atoms with Crippen molar-refractivity contribution in [3.05, 3.63) is 35.5 Å². The topological polar surface area (TPSA) is 30.7 Å². The molecule has 0 saturated heterocycles. The van der Waals surface area contributed by atoms with Crippen LogP contribution in [0, 0.1) is 6.92 Å². The molecular weight excluding hydrogens is 193 g/mol. The van der Waals surface area contributed by atoms with Gasteiger partial charge < -0.3 is 0 Å². The van der Waals surface area contributed by atoms with Crippen LogP contribution in [-0.2, 0) is 6.42 Å². The summed E-state index contributed by atoms with van der Waals surface area (Å²) >= 11 is 0. The highest BCUT2D eigenvalue weighted by molar-refractivity contribution is 7.25. The molecule has 2 aromatic rings. The first-order chi connectivity index (χ1) is 6.79. The average molecular weight is 205 g/mol. The van der Waals surface area contributed by atoms with Crippen LogP contribution in [-0.4, -0.2) is 14.5 Å². The number of aryl methyl sites for hydroxylation is 2. The van der Waals surface area contributed by atoms with E-state index in [9.17, 15) is 0 Å². The first-order valence-electron chi connectivity index (χ1n) is 4.63. The molecule has 0 fully saturated rings. The van der Waals surface area contributed by atoms with E-state index in [1.54, 1.807) is 0 Å². The Morgan fingerprint density at radius 3 is 2.93 bits per heavy atom. The molecular formula is C10H12N3P. The number of hydrogen-bond acceptors (Lipinski definition) is 2. The molecule has 0 spiro atoms. The molecule has 72 valence electrons. The smallest absolute Gasteiger partial charge is 0.0877 e. The molecule has 0 aromatic carbocycles. The second-order valence-corrected chi connectivity index (χ2v) is 4.07. The summed E-state index contributed by atoms with van der Waals surface area (Å²) in [5.41, 5.74) is 3.37. The number of hydrogen-bond donors (Lipinski definition) is 0. The summed E-state index contributed by atoms with van der Waals surface area (Å²) in [6.07, 6.45) is 4.68. The maximum atomic E-state index is 4.46. The van der Waals surface area contributed by atoms with Crippen LogP contribution in [0.5, 0.6) is 0 Å². The highest BCUT2D eigenvalue weighted by Crippen LogP contribution is 2.16. The summed E-state index contributed by atoms with van der Waals surface area (Å²) < 4.78 is 1.96. The van der Waals surface area contributed by atoms with Crippen molar-refractivity contribution in [2.75, 3.05) is 0 Å². The van der Waals surface area contributed by atoms with E-state index >= 15 is 0 Å². The minimum atomic E-state index is 0.989. The molecule has 0 amide bonds. The van der Waals surface area contributed by atoms with Crippen LogP contribution >= 0.6 is 8.35 Å². The molecule has 0 radical (unpaired) electrons. The van der Waals surface area contributed by atoms with Crippen LogP contribution in [0.2, 0.25) is 0 Å². The van der Waals surface area contributed by atoms with Crippen molar-refractivity contribution in [2.45, 2.75) is 20.3 Å². The summed E-state index contributed by atoms with van der Waals surface area (Å²) in [7, 11) is 1.11. The van der Waals surface area contributed by atoms with Crippen molar-refractivity contribution in [3.63, 3.8) is 0 Å². The van der Waals surface area contributed by atoms with E-state index in [0.29, 0.717) is 0 Å². The molecule has 3 nitrogen and oxygen atoms in total. The zero-order valence-electron chi connectivity index (χ0n) is 8.31. The van der Waals surface area contributed by atoms with Gasteiger partial charge in [-0.3, -0.25) is 4.98 Å². The molecule has 0 saturated carbocycles. The van der Waals surface area contributed by atoms with Gasteiger partial charge >= 0.3 is 0 Å². The molecule has 0 unspecified atom stereocenters. The molecule has 0 atom stereocenters. The Hall–Kier alpha value is -1.21. The summed E-state index contributed by atoms with van der Waals surface area (Å²) in [5.74, 6) is 2.13. The minimum Gasteiger partial charge on any atom is -0.262 e. The van der Waals surface area contributed by atoms with E-state index in [1.165, 1.54) is 0 Å². The lowest BCUT2D eigenvalue weighted by Crippen LogP contribution is -1.94. The van der Waals surface area contributed by atoms with E-state index < -0.39 is 0 Å². The lowest BCUT2D eigenvalue weighted by Gasteiger charge is -2.00. The van der Waals surface area contributed by atoms with Gasteiger partial charge in [0, 0.05) is 20.3 Å². The van der Waals surface area contributed by atoms with Gasteiger partial charge in [0.2, 0.25) is 0 Å². The lowest BCUT2D eigenvalue weighted by molar-refractivity contribution is 0.883. The second-order valence-electron chi connectivity index (χ2n) is 3.20. The van der Waals surface area contributed by atoms with Gasteiger partial charge in [-0.05, 0) is 25.0 Å². The monoisotopic (exact) mass is 205 g/mol. The Morgan fingerprint density at radius 2 is 2.29 bits per heavy atom. The summed E-state index contributed by atoms with van der Waals surface area (Å²) in [6, 6.07) is 2.09. The maximum Gasteiger partial charge on any atom is 0.0877 e. The predicted molar refractivity (Wildman–Crippen MR) is 58.0 cm³/mol. The molecule has 0 aliphatic rings. The minimum absolute atomic E-state index is 0.989. The van der Waals surface area contributed by atoms with Crippen LogP contribution < -0.4 is 0 Å². The van der Waals surface area contributed by atoms with Gasteiger partial charge in [-0.2, -0.15) is 5.10 Å². The Balaban J connectivity index is 2.39. The van der Waals surface area contributed by atoms with Crippen molar-refractivity contribution in [1.82, 2.24) is 14.5 Å². The third-order valence-electron chi connectivity index (χ3n) is 1.99. The van der Waals surface area contributed by atoms with Gasteiger partial charge in [0.1, 0.15) is 0 Å². The Labute approximate surface area is 85.0 Å². The first-order valence-corrected chi connectivity index (χ1v) is 5.54. The van der Waals surface area contributed by atoms with E-state index in [-0.39, 0.29) is 0 Å². The van der Waals surface area contributed by atoms with Gasteiger partial charge in [0.25, 0.3) is 0 Å². The van der Waals surface area contributed by atoms with Crippen molar-refractivity contribution in [1.29, 1.82) is 0 Å². The zero-order chi connectivity index (χ0) is 9.97. The van der Waals surface area contributed by atoms with E-state index in [4.69, 9.17) is 0 Å². The molecule has 14 heavy (non-hydrogen) atoms. The van der Waals surface area contributed by atoms with Crippen molar-refractivity contribution in [3.8, 4) is 5.69 Å². The normalized spacial score (nSPS) is 11.0. The largest absolute Gasteiger partial charge is 0.262 e. The summed E-state index contributed by atoms with van der Waals surface area (Å²) in [5, 5.41) is 4.46. The first kappa shape index (κ1) is 9.35. The standard InChI is InChI=1S/C10H12N3P/c1-3-9-7-14-13(12-9)10-4-8(2)5-11-6-10/h4-7H,3H2,1-2H3. The number of aromatic nitrogens is 3. The Bertz CT molecular complexity index is 436. The summed E-state index contributed by atoms with van der Waals surface area (Å²) in [6.45, 7) is 4.15. The lowest BCUT2D eigenvalue weighted by atomic mass is 10.3. The zero-order valence-corrected chi connectivity index (χ0v) is 9.20. The third-order valence-corrected chi connectivity index (χ3v) is 2.95. The van der Waals surface area contributed by atoms with E-state index in [2.05, 4.69) is 28.9 Å². The van der Waals surface area contributed by atoms with Crippen LogP contribution in [0.25, 0.3) is 5.69 Å². The number of nitrogens with zero attached hydrogens (tertiary/aromatic N) is 3. The third kappa shape index (κ3) is 1.83. The molecule has 2 rings (SSSR count). The van der Waals surface area contributed by atoms with Gasteiger partial charge in [-0.1, -0.05) is 6.92 Å². The average Bonchev–Trinajstić information content (AvgIpc) is 2.66. The quantitative estimate of drug-likeness (QED) is 0.754. The second kappa shape index (κ2) is 3.89. The van der Waals surface area contributed by atoms with Crippen molar-refractivity contribution in [2.24, 2.45) is 0 Å². The fraction of sp³-hybridized carbons (Fsp3) is 0.300. The van der Waals surface area contributed by atoms with Gasteiger partial charge in [0.15, 0.2) is 0 Å². The molecule has 2 aromatic heterocycles. The number of pyridine rings is 1. The van der Waals surface area contributed by atoms with Crippen molar-refractivity contribution >= 4 is 8.35 Å². The Morgan fingerprint density at radius 1 is 1.43 bits per heavy atom. The van der Waals surface area contributed by atoms with Crippen LogP contribution in [0.1, 0.15) is 18.2 Å². The fourth-order valence-electron chi connectivity index (χ4n) is 1.23. The molecule has 0 aliphatic heterocycles. The van der Waals surface area contributed by atoms with Crippen LogP contribution in [0.4, 0.5) is 0 Å². The highest BCUT2D eigenvalue weighted by Gasteiger charge is 2.00.